The fourth-order valence-electron chi connectivity index (χ4n) is 6.30. The molecule has 0 radical (unpaired) electrons. The third-order valence-electron chi connectivity index (χ3n) is 9.53. The Morgan fingerprint density at radius 3 is 1.28 bits per heavy atom. The van der Waals surface area contributed by atoms with Crippen LogP contribution in [0.5, 0.6) is 0 Å². The zero-order valence-electron chi connectivity index (χ0n) is 31.7. The molecular formula is C41H83N2O3+. The van der Waals surface area contributed by atoms with Gasteiger partial charge < -0.3 is 14.7 Å². The van der Waals surface area contributed by atoms with Crippen LogP contribution >= 0.6 is 0 Å². The molecule has 0 aliphatic heterocycles. The van der Waals surface area contributed by atoms with Crippen molar-refractivity contribution in [3.05, 3.63) is 0 Å². The summed E-state index contributed by atoms with van der Waals surface area (Å²) in [5, 5.41) is 10.2. The van der Waals surface area contributed by atoms with Gasteiger partial charge in [-0.15, -0.1) is 0 Å². The highest BCUT2D eigenvalue weighted by molar-refractivity contribution is 5.69. The second kappa shape index (κ2) is 38.3. The van der Waals surface area contributed by atoms with Crippen LogP contribution in [-0.4, -0.2) is 55.2 Å². The smallest absolute Gasteiger partial charge is 0.332 e. The maximum Gasteiger partial charge on any atom is 0.332 e. The maximum atomic E-state index is 12.0. The summed E-state index contributed by atoms with van der Waals surface area (Å²) >= 11 is 0. The molecule has 0 aromatic rings. The average molecular weight is 652 g/mol. The highest BCUT2D eigenvalue weighted by Crippen LogP contribution is 2.14. The molecule has 5 nitrogen and oxygen atoms in total. The molecule has 0 fully saturated rings. The van der Waals surface area contributed by atoms with Crippen molar-refractivity contribution in [2.75, 3.05) is 33.3 Å². The molecule has 0 bridgehead atoms. The molecule has 0 atom stereocenters. The lowest BCUT2D eigenvalue weighted by molar-refractivity contribution is -0.468. The average Bonchev–Trinajstić information content (AvgIpc) is 3.04. The first-order valence-electron chi connectivity index (χ1n) is 20.7. The topological polar surface area (TPSA) is 63.7 Å². The van der Waals surface area contributed by atoms with Gasteiger partial charge in [-0.3, -0.25) is 4.79 Å². The second-order valence-corrected chi connectivity index (χ2v) is 14.3. The van der Waals surface area contributed by atoms with Gasteiger partial charge in [0.25, 0.3) is 0 Å². The molecule has 0 saturated carbocycles. The van der Waals surface area contributed by atoms with Crippen molar-refractivity contribution in [2.24, 2.45) is 0 Å². The molecule has 0 aromatic carbocycles. The quantitative estimate of drug-likeness (QED) is 0.0302. The summed E-state index contributed by atoms with van der Waals surface area (Å²) in [4.78, 5) is 17.4. The molecule has 0 heterocycles. The number of aliphatic hydroxyl groups excluding tert-OH is 1. The van der Waals surface area contributed by atoms with Crippen LogP contribution in [0.1, 0.15) is 219 Å². The first-order chi connectivity index (χ1) is 22.6. The number of hydrogen-bond donors (Lipinski definition) is 2. The Morgan fingerprint density at radius 1 is 0.500 bits per heavy atom. The zero-order valence-corrected chi connectivity index (χ0v) is 31.7. The molecule has 46 heavy (non-hydrogen) atoms. The maximum absolute atomic E-state index is 12.0. The number of nitrogens with one attached hydrogen (secondary N) is 1. The van der Waals surface area contributed by atoms with E-state index in [1.54, 1.807) is 0 Å². The minimum atomic E-state index is -0.0549. The molecule has 5 heteroatoms. The number of carbonyl (C=O) groups excluding carboxylic acids is 1. The molecule has 0 aliphatic rings. The second-order valence-electron chi connectivity index (χ2n) is 14.3. The minimum Gasteiger partial charge on any atom is -0.464 e. The number of nitrogens with zero attached hydrogens (tertiary/aromatic N) is 1. The Kier molecular flexibility index (Phi) is 37.4. The highest BCUT2D eigenvalue weighted by atomic mass is 16.5. The molecule has 2 N–H and O–H groups in total. The molecule has 0 aromatic heterocycles. The molecule has 0 aliphatic carbocycles. The van der Waals surface area contributed by atoms with E-state index in [1.165, 1.54) is 167 Å². The van der Waals surface area contributed by atoms with Crippen LogP contribution in [0.25, 0.3) is 0 Å². The van der Waals surface area contributed by atoms with Crippen LogP contribution in [0.2, 0.25) is 0 Å². The van der Waals surface area contributed by atoms with Crippen LogP contribution < -0.4 is 4.99 Å². The number of aliphatic hydroxyl groups is 1. The van der Waals surface area contributed by atoms with E-state index in [2.05, 4.69) is 30.8 Å². The van der Waals surface area contributed by atoms with Crippen molar-refractivity contribution in [3.8, 4) is 0 Å². The summed E-state index contributed by atoms with van der Waals surface area (Å²) in [7, 11) is 2.06. The fourth-order valence-corrected chi connectivity index (χ4v) is 6.30. The van der Waals surface area contributed by atoms with Gasteiger partial charge in [-0.05, 0) is 32.9 Å². The van der Waals surface area contributed by atoms with Crippen molar-refractivity contribution in [1.29, 1.82) is 0 Å². The van der Waals surface area contributed by atoms with E-state index >= 15 is 0 Å². The van der Waals surface area contributed by atoms with Crippen LogP contribution in [0, 0.1) is 0 Å². The number of likely N-dealkylation sites (N-methyl/N-ethyl adjacent to an activating group) is 1. The van der Waals surface area contributed by atoms with Gasteiger partial charge in [0.1, 0.15) is 13.2 Å². The van der Waals surface area contributed by atoms with E-state index < -0.39 is 0 Å². The first-order valence-corrected chi connectivity index (χ1v) is 20.7. The third kappa shape index (κ3) is 37.4. The van der Waals surface area contributed by atoms with Gasteiger partial charge in [-0.2, -0.15) is 0 Å². The van der Waals surface area contributed by atoms with Crippen LogP contribution in [0.3, 0.4) is 0 Å². The summed E-state index contributed by atoms with van der Waals surface area (Å²) < 4.78 is 5.44. The molecule has 0 unspecified atom stereocenters. The number of unbranched alkanes of at least 4 members (excludes halogenated alkanes) is 27. The molecular weight excluding hydrogens is 568 g/mol. The predicted octanol–water partition coefficient (Wildman–Crippen LogP) is 11.0. The van der Waals surface area contributed by atoms with Crippen molar-refractivity contribution < 1.29 is 19.6 Å². The SMILES string of the molecule is CCCCCCCCCCCCCCCCCC[NH+]=C(O)CCCN(C)CCOC(=O)CCCCCCCCCCCCCCC. The summed E-state index contributed by atoms with van der Waals surface area (Å²) in [6.07, 6.45) is 41.3. The van der Waals surface area contributed by atoms with Gasteiger partial charge in [0.15, 0.2) is 0 Å². The summed E-state index contributed by atoms with van der Waals surface area (Å²) in [5.41, 5.74) is 0. The van der Waals surface area contributed by atoms with Gasteiger partial charge in [-0.1, -0.05) is 181 Å². The molecule has 274 valence electrons. The molecule has 0 rings (SSSR count). The van der Waals surface area contributed by atoms with Crippen molar-refractivity contribution >= 4 is 11.9 Å². The lowest BCUT2D eigenvalue weighted by Crippen LogP contribution is -2.73. The number of esters is 1. The molecule has 0 amide bonds. The highest BCUT2D eigenvalue weighted by Gasteiger charge is 2.07. The summed E-state index contributed by atoms with van der Waals surface area (Å²) in [6.45, 7) is 7.53. The van der Waals surface area contributed by atoms with E-state index in [-0.39, 0.29) is 5.97 Å². The largest absolute Gasteiger partial charge is 0.464 e. The number of rotatable bonds is 38. The Bertz CT molecular complexity index is 639. The lowest BCUT2D eigenvalue weighted by atomic mass is 10.0. The zero-order chi connectivity index (χ0) is 33.6. The van der Waals surface area contributed by atoms with Gasteiger partial charge in [0.2, 0.25) is 0 Å². The number of ether oxygens (including phenoxy) is 1. The summed E-state index contributed by atoms with van der Waals surface area (Å²) in [6, 6.07) is 0. The van der Waals surface area contributed by atoms with E-state index in [0.717, 1.165) is 45.3 Å². The van der Waals surface area contributed by atoms with Crippen molar-refractivity contribution in [1.82, 2.24) is 4.90 Å². The monoisotopic (exact) mass is 652 g/mol. The Morgan fingerprint density at radius 2 is 0.870 bits per heavy atom. The third-order valence-corrected chi connectivity index (χ3v) is 9.53. The van der Waals surface area contributed by atoms with Crippen molar-refractivity contribution in [2.45, 2.75) is 219 Å². The van der Waals surface area contributed by atoms with E-state index in [9.17, 15) is 9.90 Å². The van der Waals surface area contributed by atoms with E-state index in [0.29, 0.717) is 25.3 Å². The fraction of sp³-hybridized carbons (Fsp3) is 0.951. The Hall–Kier alpha value is -1.10. The van der Waals surface area contributed by atoms with Crippen LogP contribution in [0.15, 0.2) is 0 Å². The van der Waals surface area contributed by atoms with Gasteiger partial charge in [-0.25, -0.2) is 4.99 Å². The van der Waals surface area contributed by atoms with E-state index in [1.807, 2.05) is 0 Å². The standard InChI is InChI=1S/C41H82N2O3/c1-4-6-8-10-12-14-16-18-19-20-22-24-26-28-30-32-36-42-40(44)34-33-37-43(3)38-39-46-41(45)35-31-29-27-25-23-21-17-15-13-11-9-7-5-2/h4-39H2,1-3H3,(H,42,44)/p+1. The predicted molar refractivity (Wildman–Crippen MR) is 201 cm³/mol. The van der Waals surface area contributed by atoms with Crippen LogP contribution in [-0.2, 0) is 9.53 Å². The Labute approximate surface area is 288 Å². The lowest BCUT2D eigenvalue weighted by Gasteiger charge is -2.15. The molecule has 0 spiro atoms. The minimum absolute atomic E-state index is 0.0549. The molecule has 0 saturated heterocycles. The van der Waals surface area contributed by atoms with E-state index in [4.69, 9.17) is 4.74 Å². The Balaban J connectivity index is 3.41. The van der Waals surface area contributed by atoms with Crippen molar-refractivity contribution in [3.63, 3.8) is 0 Å². The van der Waals surface area contributed by atoms with Gasteiger partial charge in [0.05, 0.1) is 6.42 Å². The van der Waals surface area contributed by atoms with Gasteiger partial charge in [0, 0.05) is 19.4 Å². The summed E-state index contributed by atoms with van der Waals surface area (Å²) in [5.74, 6) is 0.360. The number of carbonyl (C=O) groups is 1. The normalized spacial score (nSPS) is 12.0. The first kappa shape index (κ1) is 44.9. The van der Waals surface area contributed by atoms with Gasteiger partial charge >= 0.3 is 11.9 Å². The number of hydrogen-bond acceptors (Lipinski definition) is 3. The van der Waals surface area contributed by atoms with Crippen LogP contribution in [0.4, 0.5) is 0 Å².